The second-order valence-electron chi connectivity index (χ2n) is 7.53. The molecule has 0 bridgehead atoms. The molecule has 0 unspecified atom stereocenters. The highest BCUT2D eigenvalue weighted by Gasteiger charge is 2.25. The molecule has 0 saturated carbocycles. The molecule has 9 heteroatoms. The molecule has 8 nitrogen and oxygen atoms in total. The lowest BCUT2D eigenvalue weighted by Gasteiger charge is -2.19. The lowest BCUT2D eigenvalue weighted by molar-refractivity contribution is 0.102. The van der Waals surface area contributed by atoms with Crippen LogP contribution < -0.4 is 10.2 Å². The summed E-state index contributed by atoms with van der Waals surface area (Å²) in [6.45, 7) is 0.576. The molecule has 0 saturated heterocycles. The maximum atomic E-state index is 13.4. The van der Waals surface area contributed by atoms with E-state index in [0.717, 1.165) is 16.8 Å². The Bertz CT molecular complexity index is 1410. The van der Waals surface area contributed by atoms with E-state index in [9.17, 15) is 4.79 Å². The normalized spacial score (nSPS) is 11.0. The number of H-pyrrole nitrogens is 1. The van der Waals surface area contributed by atoms with Crippen LogP contribution in [0, 0.1) is 0 Å². The van der Waals surface area contributed by atoms with E-state index >= 15 is 0 Å². The fourth-order valence-electron chi connectivity index (χ4n) is 3.73. The number of nitrogens with one attached hydrogen (secondary N) is 2. The molecule has 5 aromatic rings. The van der Waals surface area contributed by atoms with Crippen molar-refractivity contribution in [2.75, 3.05) is 17.3 Å². The van der Waals surface area contributed by atoms with Gasteiger partial charge in [0.05, 0.1) is 22.6 Å². The smallest absolute Gasteiger partial charge is 0.278 e. The average Bonchev–Trinajstić information content (AvgIpc) is 3.49. The predicted molar refractivity (Wildman–Crippen MR) is 129 cm³/mol. The van der Waals surface area contributed by atoms with Crippen molar-refractivity contribution in [1.29, 1.82) is 0 Å². The summed E-state index contributed by atoms with van der Waals surface area (Å²) in [5, 5.41) is 14.9. The van der Waals surface area contributed by atoms with E-state index in [1.54, 1.807) is 35.2 Å². The molecule has 164 valence electrons. The van der Waals surface area contributed by atoms with Gasteiger partial charge in [-0.2, -0.15) is 10.2 Å². The fourth-order valence-corrected chi connectivity index (χ4v) is 3.91. The van der Waals surface area contributed by atoms with Crippen LogP contribution in [0.2, 0.25) is 5.02 Å². The molecule has 0 atom stereocenters. The quantitative estimate of drug-likeness (QED) is 0.387. The van der Waals surface area contributed by atoms with Crippen molar-refractivity contribution < 1.29 is 4.79 Å². The lowest BCUT2D eigenvalue weighted by Crippen LogP contribution is -2.21. The molecule has 2 N–H and O–H groups in total. The zero-order valence-electron chi connectivity index (χ0n) is 17.7. The standard InChI is InChI=1S/C24H20ClN7O/c1-31(15-16-7-3-2-4-8-16)22-21(24(33)29-19-10-6-5-9-18(19)25)30-32-20(11-12-26-23(22)32)17-13-27-28-14-17/h2-14H,15H2,1H3,(H,27,28)(H,29,33). The van der Waals surface area contributed by atoms with Gasteiger partial charge in [-0.05, 0) is 23.8 Å². The largest absolute Gasteiger partial charge is 0.365 e. The van der Waals surface area contributed by atoms with Gasteiger partial charge in [-0.3, -0.25) is 9.89 Å². The highest BCUT2D eigenvalue weighted by molar-refractivity contribution is 6.34. The number of para-hydroxylation sites is 1. The number of aromatic nitrogens is 5. The zero-order chi connectivity index (χ0) is 22.8. The van der Waals surface area contributed by atoms with Crippen LogP contribution in [-0.4, -0.2) is 37.8 Å². The molecular weight excluding hydrogens is 438 g/mol. The average molecular weight is 458 g/mol. The third-order valence-electron chi connectivity index (χ3n) is 5.27. The number of hydrogen-bond acceptors (Lipinski definition) is 5. The van der Waals surface area contributed by atoms with Crippen LogP contribution in [0.5, 0.6) is 0 Å². The van der Waals surface area contributed by atoms with Gasteiger partial charge in [0.25, 0.3) is 5.91 Å². The maximum Gasteiger partial charge on any atom is 0.278 e. The van der Waals surface area contributed by atoms with Crippen LogP contribution in [0.1, 0.15) is 16.1 Å². The van der Waals surface area contributed by atoms with Gasteiger partial charge in [0, 0.05) is 31.5 Å². The van der Waals surface area contributed by atoms with Crippen LogP contribution in [0.3, 0.4) is 0 Å². The van der Waals surface area contributed by atoms with Gasteiger partial charge in [-0.15, -0.1) is 0 Å². The fraction of sp³-hybridized carbons (Fsp3) is 0.0833. The van der Waals surface area contributed by atoms with Crippen LogP contribution in [0.15, 0.2) is 79.3 Å². The number of hydrogen-bond donors (Lipinski definition) is 2. The SMILES string of the molecule is CN(Cc1ccccc1)c1c(C(=O)Nc2ccccc2Cl)nn2c(-c3cn[nH]c3)ccnc12. The predicted octanol–water partition coefficient (Wildman–Crippen LogP) is 4.66. The molecule has 2 aromatic carbocycles. The number of halogens is 1. The Morgan fingerprint density at radius 2 is 1.91 bits per heavy atom. The van der Waals surface area contributed by atoms with Crippen molar-refractivity contribution in [3.63, 3.8) is 0 Å². The Balaban J connectivity index is 1.63. The molecule has 0 fully saturated rings. The van der Waals surface area contributed by atoms with E-state index in [4.69, 9.17) is 11.6 Å². The molecule has 3 heterocycles. The first-order chi connectivity index (χ1) is 16.1. The summed E-state index contributed by atoms with van der Waals surface area (Å²) in [6, 6.07) is 18.9. The summed E-state index contributed by atoms with van der Waals surface area (Å²) in [6.07, 6.45) is 5.18. The summed E-state index contributed by atoms with van der Waals surface area (Å²) < 4.78 is 1.67. The second kappa shape index (κ2) is 8.76. The molecular formula is C24H20ClN7O. The van der Waals surface area contributed by atoms with Gasteiger partial charge in [0.2, 0.25) is 0 Å². The number of benzene rings is 2. The lowest BCUT2D eigenvalue weighted by atomic mass is 10.2. The molecule has 0 radical (unpaired) electrons. The molecule has 0 spiro atoms. The molecule has 5 rings (SSSR count). The topological polar surface area (TPSA) is 91.2 Å². The number of rotatable bonds is 6. The molecule has 1 amide bonds. The summed E-state index contributed by atoms with van der Waals surface area (Å²) in [5.74, 6) is -0.373. The third-order valence-corrected chi connectivity index (χ3v) is 5.60. The first-order valence-electron chi connectivity index (χ1n) is 10.3. The Kier molecular flexibility index (Phi) is 5.50. The van der Waals surface area contributed by atoms with E-state index in [-0.39, 0.29) is 11.6 Å². The minimum absolute atomic E-state index is 0.247. The summed E-state index contributed by atoms with van der Waals surface area (Å²) in [7, 11) is 1.92. The van der Waals surface area contributed by atoms with Crippen molar-refractivity contribution >= 4 is 34.5 Å². The van der Waals surface area contributed by atoms with E-state index < -0.39 is 0 Å². The minimum atomic E-state index is -0.373. The zero-order valence-corrected chi connectivity index (χ0v) is 18.5. The van der Waals surface area contributed by atoms with Gasteiger partial charge in [0.1, 0.15) is 5.69 Å². The maximum absolute atomic E-state index is 13.4. The Hall–Kier alpha value is -4.17. The number of carbonyl (C=O) groups excluding carboxylic acids is 1. The van der Waals surface area contributed by atoms with Crippen molar-refractivity contribution in [2.24, 2.45) is 0 Å². The molecule has 0 aliphatic carbocycles. The van der Waals surface area contributed by atoms with Crippen molar-refractivity contribution in [3.05, 3.63) is 95.5 Å². The van der Waals surface area contributed by atoms with Crippen LogP contribution in [0.25, 0.3) is 16.9 Å². The first kappa shape index (κ1) is 20.7. The third kappa shape index (κ3) is 4.04. The summed E-state index contributed by atoms with van der Waals surface area (Å²) >= 11 is 6.26. The molecule has 0 aliphatic rings. The number of nitrogens with zero attached hydrogens (tertiary/aromatic N) is 5. The number of carbonyl (C=O) groups is 1. The Labute approximate surface area is 194 Å². The second-order valence-corrected chi connectivity index (χ2v) is 7.93. The Morgan fingerprint density at radius 3 is 2.67 bits per heavy atom. The number of fused-ring (bicyclic) bond motifs is 1. The van der Waals surface area contributed by atoms with Gasteiger partial charge < -0.3 is 10.2 Å². The number of anilines is 2. The van der Waals surface area contributed by atoms with Gasteiger partial charge in [-0.25, -0.2) is 9.50 Å². The highest BCUT2D eigenvalue weighted by Crippen LogP contribution is 2.30. The van der Waals surface area contributed by atoms with Gasteiger partial charge >= 0.3 is 0 Å². The van der Waals surface area contributed by atoms with Crippen molar-refractivity contribution in [1.82, 2.24) is 24.8 Å². The molecule has 3 aromatic heterocycles. The van der Waals surface area contributed by atoms with Gasteiger partial charge in [-0.1, -0.05) is 54.1 Å². The summed E-state index contributed by atoms with van der Waals surface area (Å²) in [4.78, 5) is 19.9. The Morgan fingerprint density at radius 1 is 1.12 bits per heavy atom. The van der Waals surface area contributed by atoms with Crippen LogP contribution in [0.4, 0.5) is 11.4 Å². The van der Waals surface area contributed by atoms with E-state index in [1.165, 1.54) is 0 Å². The summed E-state index contributed by atoms with van der Waals surface area (Å²) in [5.41, 5.74) is 4.64. The van der Waals surface area contributed by atoms with Crippen molar-refractivity contribution in [3.8, 4) is 11.3 Å². The molecule has 33 heavy (non-hydrogen) atoms. The number of aromatic amines is 1. The highest BCUT2D eigenvalue weighted by atomic mass is 35.5. The minimum Gasteiger partial charge on any atom is -0.365 e. The monoisotopic (exact) mass is 457 g/mol. The van der Waals surface area contributed by atoms with Crippen LogP contribution in [-0.2, 0) is 6.54 Å². The van der Waals surface area contributed by atoms with Gasteiger partial charge in [0.15, 0.2) is 11.3 Å². The number of amides is 1. The van der Waals surface area contributed by atoms with E-state index in [2.05, 4.69) is 25.6 Å². The molecule has 0 aliphatic heterocycles. The van der Waals surface area contributed by atoms with E-state index in [0.29, 0.717) is 28.6 Å². The van der Waals surface area contributed by atoms with Crippen molar-refractivity contribution in [2.45, 2.75) is 6.54 Å². The first-order valence-corrected chi connectivity index (χ1v) is 10.7. The van der Waals surface area contributed by atoms with Crippen LogP contribution >= 0.6 is 11.6 Å². The van der Waals surface area contributed by atoms with E-state index in [1.807, 2.05) is 60.5 Å².